The highest BCUT2D eigenvalue weighted by molar-refractivity contribution is 5.05. The fourth-order valence-corrected chi connectivity index (χ4v) is 2.92. The molecule has 0 aromatic carbocycles. The van der Waals surface area contributed by atoms with Crippen LogP contribution in [-0.4, -0.2) is 9.55 Å². The number of aromatic nitrogens is 2. The van der Waals surface area contributed by atoms with Gasteiger partial charge in [0, 0.05) is 18.2 Å². The normalized spacial score (nSPS) is 11.7. The molecule has 0 bridgehead atoms. The van der Waals surface area contributed by atoms with Gasteiger partial charge in [-0.1, -0.05) is 65.2 Å². The van der Waals surface area contributed by atoms with Crippen LogP contribution in [0.1, 0.15) is 110 Å². The molecule has 0 amide bonds. The Bertz CT molecular complexity index is 342. The summed E-state index contributed by atoms with van der Waals surface area (Å²) in [7, 11) is 0. The molecule has 0 unspecified atom stereocenters. The van der Waals surface area contributed by atoms with Crippen molar-refractivity contribution in [3.8, 4) is 0 Å². The molecule has 0 N–H and O–H groups in total. The van der Waals surface area contributed by atoms with E-state index in [4.69, 9.17) is 4.98 Å². The summed E-state index contributed by atoms with van der Waals surface area (Å²) >= 11 is 0. The summed E-state index contributed by atoms with van der Waals surface area (Å²) in [6.45, 7) is 9.02. The largest absolute Gasteiger partial charge is 0.335 e. The van der Waals surface area contributed by atoms with E-state index >= 15 is 0 Å². The van der Waals surface area contributed by atoms with Gasteiger partial charge in [-0.15, -0.1) is 0 Å². The van der Waals surface area contributed by atoms with Crippen molar-refractivity contribution in [1.29, 1.82) is 0 Å². The average Bonchev–Trinajstić information content (AvgIpc) is 2.95. The molecule has 0 fully saturated rings. The van der Waals surface area contributed by atoms with E-state index in [-0.39, 0.29) is 0 Å². The molecule has 0 aliphatic carbocycles. The molecular weight excluding hydrogens is 256 g/mol. The van der Waals surface area contributed by atoms with Crippen molar-refractivity contribution in [2.75, 3.05) is 0 Å². The smallest absolute Gasteiger partial charge is 0.0951 e. The monoisotopic (exact) mass is 292 g/mol. The zero-order valence-corrected chi connectivity index (χ0v) is 14.8. The van der Waals surface area contributed by atoms with Gasteiger partial charge in [0.15, 0.2) is 0 Å². The standard InChI is InChI=1S/C19H36N2/c1-5-7-9-11-13-18(14-12-10-8-6-2)19-15-21(16-20-19)17(3)4/h15-18H,5-14H2,1-4H3. The molecule has 2 heteroatoms. The van der Waals surface area contributed by atoms with E-state index in [1.807, 2.05) is 6.33 Å². The van der Waals surface area contributed by atoms with Crippen molar-refractivity contribution >= 4 is 0 Å². The topological polar surface area (TPSA) is 17.8 Å². The second-order valence-electron chi connectivity index (χ2n) is 6.74. The summed E-state index contributed by atoms with van der Waals surface area (Å²) in [5.74, 6) is 0.679. The van der Waals surface area contributed by atoms with Crippen LogP contribution in [-0.2, 0) is 0 Å². The first-order valence-corrected chi connectivity index (χ1v) is 9.22. The summed E-state index contributed by atoms with van der Waals surface area (Å²) in [4.78, 5) is 4.70. The Labute approximate surface area is 132 Å². The second kappa shape index (κ2) is 10.9. The Hall–Kier alpha value is -0.790. The van der Waals surface area contributed by atoms with Gasteiger partial charge in [-0.25, -0.2) is 4.98 Å². The lowest BCUT2D eigenvalue weighted by Crippen LogP contribution is -2.01. The molecular formula is C19H36N2. The Morgan fingerprint density at radius 2 is 1.48 bits per heavy atom. The maximum absolute atomic E-state index is 4.70. The molecule has 0 aliphatic heterocycles. The van der Waals surface area contributed by atoms with E-state index < -0.39 is 0 Å². The van der Waals surface area contributed by atoms with Crippen molar-refractivity contribution in [2.24, 2.45) is 0 Å². The van der Waals surface area contributed by atoms with Crippen LogP contribution in [0.4, 0.5) is 0 Å². The van der Waals surface area contributed by atoms with Crippen LogP contribution in [0.5, 0.6) is 0 Å². The summed E-state index contributed by atoms with van der Waals surface area (Å²) < 4.78 is 2.25. The van der Waals surface area contributed by atoms with Crippen molar-refractivity contribution in [2.45, 2.75) is 104 Å². The van der Waals surface area contributed by atoms with Crippen LogP contribution in [0.25, 0.3) is 0 Å². The lowest BCUT2D eigenvalue weighted by molar-refractivity contribution is 0.489. The Balaban J connectivity index is 2.52. The first-order chi connectivity index (χ1) is 10.2. The highest BCUT2D eigenvalue weighted by Gasteiger charge is 2.14. The zero-order valence-electron chi connectivity index (χ0n) is 14.8. The molecule has 0 aliphatic rings. The second-order valence-corrected chi connectivity index (χ2v) is 6.74. The van der Waals surface area contributed by atoms with Crippen LogP contribution in [0, 0.1) is 0 Å². The third kappa shape index (κ3) is 7.15. The average molecular weight is 293 g/mol. The van der Waals surface area contributed by atoms with Crippen molar-refractivity contribution in [3.05, 3.63) is 18.2 Å². The van der Waals surface area contributed by atoms with Gasteiger partial charge in [-0.3, -0.25) is 0 Å². The van der Waals surface area contributed by atoms with Crippen molar-refractivity contribution in [1.82, 2.24) is 9.55 Å². The van der Waals surface area contributed by atoms with E-state index in [1.165, 1.54) is 69.9 Å². The third-order valence-electron chi connectivity index (χ3n) is 4.45. The van der Waals surface area contributed by atoms with Crippen molar-refractivity contribution in [3.63, 3.8) is 0 Å². The van der Waals surface area contributed by atoms with E-state index in [9.17, 15) is 0 Å². The number of nitrogens with zero attached hydrogens (tertiary/aromatic N) is 2. The molecule has 1 heterocycles. The van der Waals surface area contributed by atoms with Gasteiger partial charge >= 0.3 is 0 Å². The van der Waals surface area contributed by atoms with Crippen LogP contribution >= 0.6 is 0 Å². The first-order valence-electron chi connectivity index (χ1n) is 9.22. The molecule has 0 spiro atoms. The molecule has 1 aromatic rings. The molecule has 1 aromatic heterocycles. The number of hydrogen-bond acceptors (Lipinski definition) is 1. The van der Waals surface area contributed by atoms with E-state index in [1.54, 1.807) is 0 Å². The highest BCUT2D eigenvalue weighted by atomic mass is 15.1. The van der Waals surface area contributed by atoms with Crippen LogP contribution < -0.4 is 0 Å². The van der Waals surface area contributed by atoms with E-state index in [2.05, 4.69) is 38.5 Å². The van der Waals surface area contributed by atoms with E-state index in [0.717, 1.165) is 0 Å². The summed E-state index contributed by atoms with van der Waals surface area (Å²) in [6, 6.07) is 0.520. The Morgan fingerprint density at radius 3 is 1.90 bits per heavy atom. The fourth-order valence-electron chi connectivity index (χ4n) is 2.92. The maximum Gasteiger partial charge on any atom is 0.0951 e. The van der Waals surface area contributed by atoms with Gasteiger partial charge in [-0.05, 0) is 26.7 Å². The van der Waals surface area contributed by atoms with Crippen molar-refractivity contribution < 1.29 is 0 Å². The molecule has 0 saturated carbocycles. The van der Waals surface area contributed by atoms with Crippen LogP contribution in [0.3, 0.4) is 0 Å². The van der Waals surface area contributed by atoms with Gasteiger partial charge in [0.05, 0.1) is 12.0 Å². The first kappa shape index (κ1) is 18.3. The van der Waals surface area contributed by atoms with Gasteiger partial charge in [0.2, 0.25) is 0 Å². The molecule has 0 atom stereocenters. The minimum Gasteiger partial charge on any atom is -0.335 e. The van der Waals surface area contributed by atoms with Gasteiger partial charge in [0.25, 0.3) is 0 Å². The minimum atomic E-state index is 0.520. The SMILES string of the molecule is CCCCCCC(CCCCCC)c1cn(C(C)C)cn1. The quantitative estimate of drug-likeness (QED) is 0.403. The lowest BCUT2D eigenvalue weighted by Gasteiger charge is -2.15. The van der Waals surface area contributed by atoms with E-state index in [0.29, 0.717) is 12.0 Å². The predicted octanol–water partition coefficient (Wildman–Crippen LogP) is 6.49. The third-order valence-corrected chi connectivity index (χ3v) is 4.45. The summed E-state index contributed by atoms with van der Waals surface area (Å²) in [6.07, 6.45) is 17.8. The van der Waals surface area contributed by atoms with Gasteiger partial charge in [-0.2, -0.15) is 0 Å². The summed E-state index contributed by atoms with van der Waals surface area (Å²) in [5.41, 5.74) is 1.33. The predicted molar refractivity (Wildman–Crippen MR) is 92.9 cm³/mol. The number of hydrogen-bond donors (Lipinski definition) is 0. The number of imidazole rings is 1. The molecule has 1 rings (SSSR count). The maximum atomic E-state index is 4.70. The summed E-state index contributed by atoms with van der Waals surface area (Å²) in [5, 5.41) is 0. The molecule has 2 nitrogen and oxygen atoms in total. The lowest BCUT2D eigenvalue weighted by atomic mass is 9.92. The van der Waals surface area contributed by atoms with Gasteiger partial charge in [0.1, 0.15) is 0 Å². The molecule has 0 radical (unpaired) electrons. The Morgan fingerprint density at radius 1 is 0.905 bits per heavy atom. The number of rotatable bonds is 12. The van der Waals surface area contributed by atoms with Crippen LogP contribution in [0.2, 0.25) is 0 Å². The molecule has 21 heavy (non-hydrogen) atoms. The minimum absolute atomic E-state index is 0.520. The number of unbranched alkanes of at least 4 members (excludes halogenated alkanes) is 6. The fraction of sp³-hybridized carbons (Fsp3) is 0.842. The Kier molecular flexibility index (Phi) is 9.45. The molecule has 0 saturated heterocycles. The van der Waals surface area contributed by atoms with Crippen LogP contribution in [0.15, 0.2) is 12.5 Å². The molecule has 122 valence electrons. The highest BCUT2D eigenvalue weighted by Crippen LogP contribution is 2.28. The zero-order chi connectivity index (χ0) is 15.5. The van der Waals surface area contributed by atoms with Gasteiger partial charge < -0.3 is 4.57 Å².